The van der Waals surface area contributed by atoms with Gasteiger partial charge in [-0.2, -0.15) is 0 Å². The van der Waals surface area contributed by atoms with E-state index in [-0.39, 0.29) is 32.2 Å². The normalized spacial score (nSPS) is 16.5. The monoisotopic (exact) mass is 588 g/mol. The number of aliphatic hydroxyl groups excluding tert-OH is 1. The van der Waals surface area contributed by atoms with Gasteiger partial charge in [-0.3, -0.25) is 0 Å². The Labute approximate surface area is 255 Å². The van der Waals surface area contributed by atoms with Gasteiger partial charge in [0.2, 0.25) is 0 Å². The first-order chi connectivity index (χ1) is 20.9. The number of carbonyl (C=O) groups excluding carboxylic acids is 1. The molecule has 0 heterocycles. The molecule has 0 saturated heterocycles. The van der Waals surface area contributed by atoms with Crippen LogP contribution in [-0.4, -0.2) is 37.5 Å². The summed E-state index contributed by atoms with van der Waals surface area (Å²) in [7, 11) is 0. The second kappa shape index (κ2) is 16.3. The summed E-state index contributed by atoms with van der Waals surface area (Å²) in [6.45, 7) is 7.49. The zero-order valence-electron chi connectivity index (χ0n) is 25.6. The maximum Gasteiger partial charge on any atom is 0.333 e. The van der Waals surface area contributed by atoms with Crippen LogP contribution in [0.25, 0.3) is 22.3 Å². The SMILES string of the molecule is C=C(C)C(=O)OCCOc1cc(-c2ccc(-c3ccc(C4CCC(CCCCC)CC4)cc3)c(F)c2)ccc1OCCO. The van der Waals surface area contributed by atoms with Crippen molar-refractivity contribution in [1.29, 1.82) is 0 Å². The van der Waals surface area contributed by atoms with Gasteiger partial charge in [0.25, 0.3) is 0 Å². The predicted octanol–water partition coefficient (Wildman–Crippen LogP) is 8.88. The van der Waals surface area contributed by atoms with E-state index in [1.165, 1.54) is 63.0 Å². The second-order valence-electron chi connectivity index (χ2n) is 11.5. The number of carbonyl (C=O) groups is 1. The van der Waals surface area contributed by atoms with Crippen LogP contribution < -0.4 is 9.47 Å². The maximum atomic E-state index is 15.4. The number of hydrogen-bond donors (Lipinski definition) is 1. The van der Waals surface area contributed by atoms with Crippen LogP contribution in [0.15, 0.2) is 72.8 Å². The van der Waals surface area contributed by atoms with E-state index < -0.39 is 5.97 Å². The smallest absolute Gasteiger partial charge is 0.333 e. The number of benzene rings is 3. The molecule has 0 amide bonds. The Bertz CT molecular complexity index is 1340. The first-order valence-corrected chi connectivity index (χ1v) is 15.6. The lowest BCUT2D eigenvalue weighted by Gasteiger charge is -2.29. The third kappa shape index (κ3) is 9.17. The summed E-state index contributed by atoms with van der Waals surface area (Å²) >= 11 is 0. The number of aliphatic hydroxyl groups is 1. The van der Waals surface area contributed by atoms with E-state index in [2.05, 4.69) is 25.6 Å². The van der Waals surface area contributed by atoms with Gasteiger partial charge >= 0.3 is 5.97 Å². The molecule has 0 aromatic heterocycles. The van der Waals surface area contributed by atoms with E-state index in [1.54, 1.807) is 19.1 Å². The van der Waals surface area contributed by atoms with E-state index in [0.29, 0.717) is 34.1 Å². The molecule has 1 aliphatic rings. The minimum absolute atomic E-state index is 0.0395. The minimum atomic E-state index is -0.486. The van der Waals surface area contributed by atoms with Gasteiger partial charge in [0.1, 0.15) is 25.6 Å². The van der Waals surface area contributed by atoms with Gasteiger partial charge in [0.05, 0.1) is 6.61 Å². The maximum absolute atomic E-state index is 15.4. The summed E-state index contributed by atoms with van der Waals surface area (Å²) in [4.78, 5) is 11.6. The molecule has 43 heavy (non-hydrogen) atoms. The van der Waals surface area contributed by atoms with E-state index >= 15 is 4.39 Å². The van der Waals surface area contributed by atoms with Crippen LogP contribution in [-0.2, 0) is 9.53 Å². The Morgan fingerprint density at radius 3 is 2.21 bits per heavy atom. The van der Waals surface area contributed by atoms with Crippen molar-refractivity contribution in [3.63, 3.8) is 0 Å². The van der Waals surface area contributed by atoms with Crippen LogP contribution in [0.1, 0.15) is 76.7 Å². The number of rotatable bonds is 15. The highest BCUT2D eigenvalue weighted by atomic mass is 19.1. The quantitative estimate of drug-likeness (QED) is 0.109. The van der Waals surface area contributed by atoms with Gasteiger partial charge in [0.15, 0.2) is 11.5 Å². The van der Waals surface area contributed by atoms with E-state index in [0.717, 1.165) is 17.0 Å². The van der Waals surface area contributed by atoms with Crippen molar-refractivity contribution in [2.24, 2.45) is 5.92 Å². The molecule has 230 valence electrons. The Morgan fingerprint density at radius 2 is 1.53 bits per heavy atom. The summed E-state index contributed by atoms with van der Waals surface area (Å²) in [5.41, 5.74) is 4.54. The summed E-state index contributed by atoms with van der Waals surface area (Å²) in [5.74, 6) is 1.54. The summed E-state index contributed by atoms with van der Waals surface area (Å²) in [5, 5.41) is 9.18. The highest BCUT2D eigenvalue weighted by molar-refractivity contribution is 5.86. The Morgan fingerprint density at radius 1 is 0.860 bits per heavy atom. The third-order valence-electron chi connectivity index (χ3n) is 8.27. The Balaban J connectivity index is 1.42. The third-order valence-corrected chi connectivity index (χ3v) is 8.27. The number of ether oxygens (including phenoxy) is 3. The molecule has 1 aliphatic carbocycles. The number of esters is 1. The van der Waals surface area contributed by atoms with Crippen molar-refractivity contribution >= 4 is 5.97 Å². The summed E-state index contributed by atoms with van der Waals surface area (Å²) < 4.78 is 32.0. The van der Waals surface area contributed by atoms with Crippen molar-refractivity contribution < 1.29 is 28.5 Å². The molecule has 1 fully saturated rings. The lowest BCUT2D eigenvalue weighted by Crippen LogP contribution is -2.13. The van der Waals surface area contributed by atoms with Gasteiger partial charge in [0, 0.05) is 11.1 Å². The molecule has 1 saturated carbocycles. The molecular weight excluding hydrogens is 543 g/mol. The lowest BCUT2D eigenvalue weighted by atomic mass is 9.77. The number of halogens is 1. The summed E-state index contributed by atoms with van der Waals surface area (Å²) in [6, 6.07) is 19.0. The minimum Gasteiger partial charge on any atom is -0.487 e. The Kier molecular flexibility index (Phi) is 12.2. The van der Waals surface area contributed by atoms with Gasteiger partial charge in [-0.1, -0.05) is 81.7 Å². The lowest BCUT2D eigenvalue weighted by molar-refractivity contribution is -0.139. The first kappa shape index (κ1) is 32.3. The molecule has 3 aromatic carbocycles. The highest BCUT2D eigenvalue weighted by Gasteiger charge is 2.22. The zero-order chi connectivity index (χ0) is 30.6. The average Bonchev–Trinajstić information content (AvgIpc) is 3.02. The molecular formula is C37H45FO5. The van der Waals surface area contributed by atoms with E-state index in [9.17, 15) is 9.90 Å². The Hall–Kier alpha value is -3.64. The van der Waals surface area contributed by atoms with Gasteiger partial charge < -0.3 is 19.3 Å². The van der Waals surface area contributed by atoms with Gasteiger partial charge in [-0.05, 0) is 84.9 Å². The molecule has 0 unspecified atom stereocenters. The fraction of sp³-hybridized carbons (Fsp3) is 0.432. The van der Waals surface area contributed by atoms with Crippen LogP contribution in [0, 0.1) is 11.7 Å². The number of unbranched alkanes of at least 4 members (excludes halogenated alkanes) is 2. The average molecular weight is 589 g/mol. The molecule has 0 bridgehead atoms. The van der Waals surface area contributed by atoms with Crippen LogP contribution in [0.3, 0.4) is 0 Å². The molecule has 0 atom stereocenters. The predicted molar refractivity (Wildman–Crippen MR) is 170 cm³/mol. The molecule has 0 radical (unpaired) electrons. The molecule has 5 nitrogen and oxygen atoms in total. The van der Waals surface area contributed by atoms with Crippen LogP contribution in [0.2, 0.25) is 0 Å². The van der Waals surface area contributed by atoms with Crippen LogP contribution in [0.5, 0.6) is 11.5 Å². The molecule has 6 heteroatoms. The number of hydrogen-bond acceptors (Lipinski definition) is 5. The van der Waals surface area contributed by atoms with Crippen molar-refractivity contribution in [3.8, 4) is 33.8 Å². The first-order valence-electron chi connectivity index (χ1n) is 15.6. The van der Waals surface area contributed by atoms with Gasteiger partial charge in [-0.25, -0.2) is 9.18 Å². The topological polar surface area (TPSA) is 65.0 Å². The second-order valence-corrected chi connectivity index (χ2v) is 11.5. The zero-order valence-corrected chi connectivity index (χ0v) is 25.6. The van der Waals surface area contributed by atoms with Gasteiger partial charge in [-0.15, -0.1) is 0 Å². The fourth-order valence-electron chi connectivity index (χ4n) is 5.82. The molecule has 1 N–H and O–H groups in total. The van der Waals surface area contributed by atoms with Crippen LogP contribution in [0.4, 0.5) is 4.39 Å². The standard InChI is InChI=1S/C37H45FO5/c1-4-5-6-7-27-8-10-28(11-9-27)29-12-14-30(15-13-29)33-18-16-31(24-34(33)38)32-17-19-35(41-21-20-39)36(25-32)42-22-23-43-37(40)26(2)3/h12-19,24-25,27-28,39H,2,4-11,20-23H2,1,3H3. The summed E-state index contributed by atoms with van der Waals surface area (Å²) in [6.07, 6.45) is 10.5. The molecule has 3 aromatic rings. The van der Waals surface area contributed by atoms with Crippen LogP contribution >= 0.6 is 0 Å². The fourth-order valence-corrected chi connectivity index (χ4v) is 5.82. The van der Waals surface area contributed by atoms with Crippen molar-refractivity contribution in [2.45, 2.75) is 71.1 Å². The highest BCUT2D eigenvalue weighted by Crippen LogP contribution is 2.39. The van der Waals surface area contributed by atoms with E-state index in [1.807, 2.05) is 30.3 Å². The van der Waals surface area contributed by atoms with Crippen molar-refractivity contribution in [2.75, 3.05) is 26.4 Å². The van der Waals surface area contributed by atoms with E-state index in [4.69, 9.17) is 14.2 Å². The molecule has 4 rings (SSSR count). The molecule has 0 spiro atoms. The van der Waals surface area contributed by atoms with Crippen molar-refractivity contribution in [1.82, 2.24) is 0 Å². The molecule has 0 aliphatic heterocycles. The van der Waals surface area contributed by atoms with Crippen molar-refractivity contribution in [3.05, 3.63) is 84.2 Å². The largest absolute Gasteiger partial charge is 0.487 e.